The molecule has 0 atom stereocenters. The first-order chi connectivity index (χ1) is 15.5. The smallest absolute Gasteiger partial charge is 0.275 e. The van der Waals surface area contributed by atoms with E-state index in [4.69, 9.17) is 4.74 Å². The number of nitrogens with zero attached hydrogens (tertiary/aromatic N) is 2. The number of ether oxygens (including phenoxy) is 1. The molecule has 2 aromatic carbocycles. The second-order valence-electron chi connectivity index (χ2n) is 7.55. The molecule has 162 valence electrons. The highest BCUT2D eigenvalue weighted by Crippen LogP contribution is 2.26. The number of carbonyl (C=O) groups excluding carboxylic acids is 1. The molecule has 0 spiro atoms. The molecule has 2 aromatic heterocycles. The van der Waals surface area contributed by atoms with E-state index >= 15 is 0 Å². The number of nitrogens with one attached hydrogen (secondary N) is 1. The SMILES string of the molecule is CC(C)Oc1ccc(-c2nc(C(=O)Nc3ccc(Cn4ccccc4=O)cc3)cs2)cc1. The van der Waals surface area contributed by atoms with Gasteiger partial charge in [0.15, 0.2) is 0 Å². The normalized spacial score (nSPS) is 10.8. The highest BCUT2D eigenvalue weighted by atomic mass is 32.1. The van der Waals surface area contributed by atoms with Crippen molar-refractivity contribution in [2.24, 2.45) is 0 Å². The van der Waals surface area contributed by atoms with Crippen molar-refractivity contribution in [2.45, 2.75) is 26.5 Å². The minimum atomic E-state index is -0.265. The van der Waals surface area contributed by atoms with Crippen LogP contribution in [0.4, 0.5) is 5.69 Å². The van der Waals surface area contributed by atoms with Crippen molar-refractivity contribution in [1.29, 1.82) is 0 Å². The summed E-state index contributed by atoms with van der Waals surface area (Å²) >= 11 is 1.42. The summed E-state index contributed by atoms with van der Waals surface area (Å²) in [5, 5.41) is 5.40. The highest BCUT2D eigenvalue weighted by Gasteiger charge is 2.12. The van der Waals surface area contributed by atoms with Gasteiger partial charge in [0.05, 0.1) is 12.6 Å². The van der Waals surface area contributed by atoms with Crippen LogP contribution in [-0.4, -0.2) is 21.6 Å². The number of aromatic nitrogens is 2. The van der Waals surface area contributed by atoms with Crippen LogP contribution in [0.1, 0.15) is 29.9 Å². The van der Waals surface area contributed by atoms with Crippen LogP contribution in [0.2, 0.25) is 0 Å². The summed E-state index contributed by atoms with van der Waals surface area (Å²) in [7, 11) is 0. The first-order valence-electron chi connectivity index (χ1n) is 10.3. The molecule has 0 aliphatic rings. The molecular weight excluding hydrogens is 422 g/mol. The van der Waals surface area contributed by atoms with Crippen molar-refractivity contribution < 1.29 is 9.53 Å². The van der Waals surface area contributed by atoms with Crippen molar-refractivity contribution in [2.75, 3.05) is 5.32 Å². The summed E-state index contributed by atoms with van der Waals surface area (Å²) < 4.78 is 7.30. The third-order valence-corrected chi connectivity index (χ3v) is 5.56. The van der Waals surface area contributed by atoms with E-state index in [1.807, 2.05) is 68.4 Å². The molecule has 0 saturated heterocycles. The fourth-order valence-electron chi connectivity index (χ4n) is 3.14. The average Bonchev–Trinajstić information content (AvgIpc) is 3.27. The fourth-order valence-corrected chi connectivity index (χ4v) is 3.94. The Morgan fingerprint density at radius 3 is 2.50 bits per heavy atom. The molecule has 0 saturated carbocycles. The lowest BCUT2D eigenvalue weighted by Crippen LogP contribution is -2.18. The molecule has 0 radical (unpaired) electrons. The predicted octanol–water partition coefficient (Wildman–Crippen LogP) is 5.06. The van der Waals surface area contributed by atoms with Crippen LogP contribution in [0.3, 0.4) is 0 Å². The van der Waals surface area contributed by atoms with Gasteiger partial charge in [-0.05, 0) is 61.9 Å². The van der Waals surface area contributed by atoms with E-state index in [-0.39, 0.29) is 17.6 Å². The third-order valence-electron chi connectivity index (χ3n) is 4.67. The molecule has 0 fully saturated rings. The van der Waals surface area contributed by atoms with E-state index in [9.17, 15) is 9.59 Å². The summed E-state index contributed by atoms with van der Waals surface area (Å²) in [6, 6.07) is 20.2. The van der Waals surface area contributed by atoms with Crippen molar-refractivity contribution >= 4 is 22.9 Å². The number of amides is 1. The van der Waals surface area contributed by atoms with Gasteiger partial charge < -0.3 is 14.6 Å². The number of anilines is 1. The maximum absolute atomic E-state index is 12.6. The van der Waals surface area contributed by atoms with Crippen LogP contribution in [0.5, 0.6) is 5.75 Å². The van der Waals surface area contributed by atoms with Gasteiger partial charge in [-0.3, -0.25) is 9.59 Å². The Labute approximate surface area is 190 Å². The van der Waals surface area contributed by atoms with Crippen LogP contribution < -0.4 is 15.6 Å². The summed E-state index contributed by atoms with van der Waals surface area (Å²) in [5.41, 5.74) is 2.89. The standard InChI is InChI=1S/C25H23N3O3S/c1-17(2)31-21-12-8-19(9-13-21)25-27-22(16-32-25)24(30)26-20-10-6-18(7-11-20)15-28-14-4-3-5-23(28)29/h3-14,16-17H,15H2,1-2H3,(H,26,30). The van der Waals surface area contributed by atoms with E-state index in [2.05, 4.69) is 10.3 Å². The van der Waals surface area contributed by atoms with E-state index in [0.29, 0.717) is 17.9 Å². The lowest BCUT2D eigenvalue weighted by atomic mass is 10.2. The maximum atomic E-state index is 12.6. The summed E-state index contributed by atoms with van der Waals surface area (Å²) in [4.78, 5) is 29.0. The zero-order valence-electron chi connectivity index (χ0n) is 17.8. The molecule has 0 unspecified atom stereocenters. The number of hydrogen-bond acceptors (Lipinski definition) is 5. The monoisotopic (exact) mass is 445 g/mol. The molecular formula is C25H23N3O3S. The highest BCUT2D eigenvalue weighted by molar-refractivity contribution is 7.13. The molecule has 0 aliphatic heterocycles. The fraction of sp³-hybridized carbons (Fsp3) is 0.160. The topological polar surface area (TPSA) is 73.2 Å². The van der Waals surface area contributed by atoms with Crippen LogP contribution in [-0.2, 0) is 6.54 Å². The number of hydrogen-bond donors (Lipinski definition) is 1. The van der Waals surface area contributed by atoms with E-state index in [1.165, 1.54) is 17.4 Å². The van der Waals surface area contributed by atoms with Crippen molar-refractivity contribution in [1.82, 2.24) is 9.55 Å². The Morgan fingerprint density at radius 1 is 1.06 bits per heavy atom. The van der Waals surface area contributed by atoms with Gasteiger partial charge in [0.2, 0.25) is 0 Å². The Morgan fingerprint density at radius 2 is 1.81 bits per heavy atom. The molecule has 2 heterocycles. The minimum absolute atomic E-state index is 0.0497. The zero-order chi connectivity index (χ0) is 22.5. The second kappa shape index (κ2) is 9.62. The van der Waals surface area contributed by atoms with Gasteiger partial charge in [0.25, 0.3) is 11.5 Å². The molecule has 6 nitrogen and oxygen atoms in total. The van der Waals surface area contributed by atoms with E-state index in [0.717, 1.165) is 21.9 Å². The Balaban J connectivity index is 1.39. The van der Waals surface area contributed by atoms with Gasteiger partial charge in [-0.25, -0.2) is 4.98 Å². The molecule has 0 aliphatic carbocycles. The van der Waals surface area contributed by atoms with Gasteiger partial charge in [-0.15, -0.1) is 11.3 Å². The molecule has 1 amide bonds. The Bertz CT molecular complexity index is 1260. The number of benzene rings is 2. The quantitative estimate of drug-likeness (QED) is 0.432. The molecule has 7 heteroatoms. The molecule has 0 bridgehead atoms. The molecule has 4 aromatic rings. The number of pyridine rings is 1. The first kappa shape index (κ1) is 21.5. The largest absolute Gasteiger partial charge is 0.491 e. The number of thiazole rings is 1. The van der Waals surface area contributed by atoms with Gasteiger partial charge in [0.1, 0.15) is 16.5 Å². The number of rotatable bonds is 7. The van der Waals surface area contributed by atoms with E-state index in [1.54, 1.807) is 22.2 Å². The lowest BCUT2D eigenvalue weighted by Gasteiger charge is -2.09. The second-order valence-corrected chi connectivity index (χ2v) is 8.40. The first-order valence-corrected chi connectivity index (χ1v) is 11.1. The van der Waals surface area contributed by atoms with Gasteiger partial charge in [-0.1, -0.05) is 18.2 Å². The Hall–Kier alpha value is -3.71. The van der Waals surface area contributed by atoms with Crippen molar-refractivity contribution in [3.8, 4) is 16.3 Å². The summed E-state index contributed by atoms with van der Waals surface area (Å²) in [6.07, 6.45) is 1.87. The van der Waals surface area contributed by atoms with Crippen LogP contribution in [0.25, 0.3) is 10.6 Å². The Kier molecular flexibility index (Phi) is 6.47. The number of carbonyl (C=O) groups is 1. The molecule has 32 heavy (non-hydrogen) atoms. The van der Waals surface area contributed by atoms with Gasteiger partial charge in [0, 0.05) is 28.9 Å². The lowest BCUT2D eigenvalue weighted by molar-refractivity contribution is 0.102. The maximum Gasteiger partial charge on any atom is 0.275 e. The predicted molar refractivity (Wildman–Crippen MR) is 128 cm³/mol. The van der Waals surface area contributed by atoms with Gasteiger partial charge >= 0.3 is 0 Å². The van der Waals surface area contributed by atoms with Crippen LogP contribution in [0, 0.1) is 0 Å². The van der Waals surface area contributed by atoms with Gasteiger partial charge in [-0.2, -0.15) is 0 Å². The van der Waals surface area contributed by atoms with Crippen molar-refractivity contribution in [3.63, 3.8) is 0 Å². The van der Waals surface area contributed by atoms with Crippen LogP contribution >= 0.6 is 11.3 Å². The third kappa shape index (κ3) is 5.31. The van der Waals surface area contributed by atoms with Crippen molar-refractivity contribution in [3.05, 3.63) is 99.9 Å². The zero-order valence-corrected chi connectivity index (χ0v) is 18.6. The molecule has 4 rings (SSSR count). The summed E-state index contributed by atoms with van der Waals surface area (Å²) in [6.45, 7) is 4.44. The van der Waals surface area contributed by atoms with E-state index < -0.39 is 0 Å². The summed E-state index contributed by atoms with van der Waals surface area (Å²) in [5.74, 6) is 0.540. The average molecular weight is 446 g/mol. The molecule has 1 N–H and O–H groups in total. The van der Waals surface area contributed by atoms with Crippen LogP contribution in [0.15, 0.2) is 83.1 Å². The minimum Gasteiger partial charge on any atom is -0.491 e.